The number of nitrogens with one attached hydrogen (secondary N) is 1. The Labute approximate surface area is 107 Å². The van der Waals surface area contributed by atoms with E-state index in [0.29, 0.717) is 12.1 Å². The quantitative estimate of drug-likeness (QED) is 0.571. The van der Waals surface area contributed by atoms with Crippen LogP contribution in [0.3, 0.4) is 0 Å². The lowest BCUT2D eigenvalue weighted by Crippen LogP contribution is -1.97. The van der Waals surface area contributed by atoms with Crippen LogP contribution in [0.2, 0.25) is 0 Å². The van der Waals surface area contributed by atoms with Gasteiger partial charge < -0.3 is 14.2 Å². The fourth-order valence-electron chi connectivity index (χ4n) is 1.73. The zero-order valence-corrected chi connectivity index (χ0v) is 9.70. The number of nitrogens with zero attached hydrogens (tertiary/aromatic N) is 2. The molecule has 7 heteroatoms. The number of aromatic nitrogens is 1. The summed E-state index contributed by atoms with van der Waals surface area (Å²) in [6.45, 7) is 0.469. The van der Waals surface area contributed by atoms with Crippen molar-refractivity contribution in [1.82, 2.24) is 4.98 Å². The molecule has 0 saturated heterocycles. The highest BCUT2D eigenvalue weighted by Gasteiger charge is 2.17. The van der Waals surface area contributed by atoms with Crippen molar-refractivity contribution in [3.8, 4) is 0 Å². The summed E-state index contributed by atoms with van der Waals surface area (Å²) in [6.07, 6.45) is 3.16. The molecule has 0 unspecified atom stereocenters. The number of oxazole rings is 1. The first-order valence-electron chi connectivity index (χ1n) is 5.53. The van der Waals surface area contributed by atoms with Crippen molar-refractivity contribution in [2.45, 2.75) is 6.54 Å². The van der Waals surface area contributed by atoms with Crippen LogP contribution in [0.25, 0.3) is 11.1 Å². The van der Waals surface area contributed by atoms with E-state index in [2.05, 4.69) is 10.3 Å². The number of furan rings is 1. The van der Waals surface area contributed by atoms with E-state index in [1.54, 1.807) is 30.7 Å². The van der Waals surface area contributed by atoms with Gasteiger partial charge in [0.15, 0.2) is 11.1 Å². The van der Waals surface area contributed by atoms with Gasteiger partial charge in [-0.25, -0.2) is 0 Å². The number of fused-ring (bicyclic) bond motifs is 1. The van der Waals surface area contributed by atoms with Crippen molar-refractivity contribution in [1.29, 1.82) is 0 Å². The molecule has 0 spiro atoms. The summed E-state index contributed by atoms with van der Waals surface area (Å²) >= 11 is 0. The number of para-hydroxylation sites is 1. The molecule has 7 nitrogen and oxygen atoms in total. The number of anilines is 1. The van der Waals surface area contributed by atoms with Gasteiger partial charge in [0.1, 0.15) is 0 Å². The van der Waals surface area contributed by atoms with Gasteiger partial charge in [0.05, 0.1) is 17.4 Å². The molecule has 0 fully saturated rings. The molecule has 0 atom stereocenters. The van der Waals surface area contributed by atoms with E-state index >= 15 is 0 Å². The van der Waals surface area contributed by atoms with E-state index in [9.17, 15) is 10.1 Å². The Bertz CT molecular complexity index is 718. The van der Waals surface area contributed by atoms with Gasteiger partial charge in [0, 0.05) is 18.2 Å². The van der Waals surface area contributed by atoms with Crippen molar-refractivity contribution in [3.63, 3.8) is 0 Å². The SMILES string of the molecule is O=[N+]([O-])c1cccc2oc(NCc3ccoc3)nc12. The molecule has 2 aromatic heterocycles. The Balaban J connectivity index is 1.89. The van der Waals surface area contributed by atoms with E-state index in [4.69, 9.17) is 8.83 Å². The van der Waals surface area contributed by atoms with Gasteiger partial charge in [0.2, 0.25) is 0 Å². The van der Waals surface area contributed by atoms with Crippen LogP contribution in [0.1, 0.15) is 5.56 Å². The topological polar surface area (TPSA) is 94.3 Å². The Morgan fingerprint density at radius 3 is 3.00 bits per heavy atom. The molecule has 0 aliphatic carbocycles. The summed E-state index contributed by atoms with van der Waals surface area (Å²) in [6, 6.07) is 6.64. The average molecular weight is 259 g/mol. The van der Waals surface area contributed by atoms with Crippen LogP contribution in [0.15, 0.2) is 45.6 Å². The van der Waals surface area contributed by atoms with Crippen LogP contribution in [-0.4, -0.2) is 9.91 Å². The first kappa shape index (κ1) is 11.3. The van der Waals surface area contributed by atoms with Crippen LogP contribution < -0.4 is 5.32 Å². The highest BCUT2D eigenvalue weighted by molar-refractivity contribution is 5.83. The van der Waals surface area contributed by atoms with Crippen LogP contribution in [0.5, 0.6) is 0 Å². The summed E-state index contributed by atoms with van der Waals surface area (Å²) in [5.41, 5.74) is 1.47. The summed E-state index contributed by atoms with van der Waals surface area (Å²) < 4.78 is 10.3. The summed E-state index contributed by atoms with van der Waals surface area (Å²) in [5.74, 6) is 0. The standard InChI is InChI=1S/C12H9N3O4/c16-15(17)9-2-1-3-10-11(9)14-12(19-10)13-6-8-4-5-18-7-8/h1-5,7H,6H2,(H,13,14). The maximum Gasteiger partial charge on any atom is 0.298 e. The van der Waals surface area contributed by atoms with Gasteiger partial charge in [-0.3, -0.25) is 10.1 Å². The highest BCUT2D eigenvalue weighted by atomic mass is 16.6. The molecule has 1 N–H and O–H groups in total. The fraction of sp³-hybridized carbons (Fsp3) is 0.0833. The lowest BCUT2D eigenvalue weighted by atomic mass is 10.3. The van der Waals surface area contributed by atoms with Gasteiger partial charge in [-0.05, 0) is 12.1 Å². The third-order valence-electron chi connectivity index (χ3n) is 2.62. The first-order chi connectivity index (χ1) is 9.24. The molecule has 0 radical (unpaired) electrons. The molecule has 3 aromatic rings. The predicted molar refractivity (Wildman–Crippen MR) is 66.7 cm³/mol. The highest BCUT2D eigenvalue weighted by Crippen LogP contribution is 2.27. The maximum atomic E-state index is 10.9. The van der Waals surface area contributed by atoms with Crippen LogP contribution in [0.4, 0.5) is 11.7 Å². The lowest BCUT2D eigenvalue weighted by molar-refractivity contribution is -0.383. The number of hydrogen-bond acceptors (Lipinski definition) is 6. The molecule has 0 bridgehead atoms. The number of non-ortho nitro benzene ring substituents is 1. The lowest BCUT2D eigenvalue weighted by Gasteiger charge is -1.96. The molecular formula is C12H9N3O4. The van der Waals surface area contributed by atoms with E-state index in [0.717, 1.165) is 5.56 Å². The van der Waals surface area contributed by atoms with Crippen LogP contribution in [0, 0.1) is 10.1 Å². The minimum atomic E-state index is -0.481. The van der Waals surface area contributed by atoms with Gasteiger partial charge in [-0.2, -0.15) is 4.98 Å². The van der Waals surface area contributed by atoms with Crippen molar-refractivity contribution in [2.24, 2.45) is 0 Å². The number of nitro groups is 1. The molecular weight excluding hydrogens is 250 g/mol. The smallest absolute Gasteiger partial charge is 0.298 e. The van der Waals surface area contributed by atoms with Gasteiger partial charge in [-0.1, -0.05) is 6.07 Å². The molecule has 19 heavy (non-hydrogen) atoms. The van der Waals surface area contributed by atoms with E-state index in [1.165, 1.54) is 6.07 Å². The third kappa shape index (κ3) is 2.13. The van der Waals surface area contributed by atoms with Gasteiger partial charge in [-0.15, -0.1) is 0 Å². The number of nitro benzene ring substituents is 1. The molecule has 0 saturated carbocycles. The van der Waals surface area contributed by atoms with E-state index in [-0.39, 0.29) is 17.2 Å². The summed E-state index contributed by atoms with van der Waals surface area (Å²) in [4.78, 5) is 14.5. The van der Waals surface area contributed by atoms with Crippen molar-refractivity contribution in [3.05, 3.63) is 52.5 Å². The molecule has 0 aliphatic heterocycles. The Hall–Kier alpha value is -2.83. The average Bonchev–Trinajstić information content (AvgIpc) is 3.04. The zero-order valence-electron chi connectivity index (χ0n) is 9.70. The fourth-order valence-corrected chi connectivity index (χ4v) is 1.73. The Morgan fingerprint density at radius 2 is 2.26 bits per heavy atom. The van der Waals surface area contributed by atoms with Crippen molar-refractivity contribution in [2.75, 3.05) is 5.32 Å². The molecule has 0 amide bonds. The molecule has 3 rings (SSSR count). The monoisotopic (exact) mass is 259 g/mol. The van der Waals surface area contributed by atoms with Gasteiger partial charge in [0.25, 0.3) is 11.7 Å². The maximum absolute atomic E-state index is 10.9. The largest absolute Gasteiger partial charge is 0.472 e. The second kappa shape index (κ2) is 4.45. The van der Waals surface area contributed by atoms with Crippen molar-refractivity contribution >= 4 is 22.8 Å². The van der Waals surface area contributed by atoms with Gasteiger partial charge >= 0.3 is 0 Å². The van der Waals surface area contributed by atoms with Crippen molar-refractivity contribution < 1.29 is 13.8 Å². The normalized spacial score (nSPS) is 10.7. The number of benzene rings is 1. The first-order valence-corrected chi connectivity index (χ1v) is 5.53. The van der Waals surface area contributed by atoms with E-state index in [1.807, 2.05) is 0 Å². The molecule has 2 heterocycles. The third-order valence-corrected chi connectivity index (χ3v) is 2.62. The molecule has 0 aliphatic rings. The predicted octanol–water partition coefficient (Wildman–Crippen LogP) is 2.94. The minimum Gasteiger partial charge on any atom is -0.472 e. The number of hydrogen-bond donors (Lipinski definition) is 1. The second-order valence-corrected chi connectivity index (χ2v) is 3.89. The van der Waals surface area contributed by atoms with Crippen LogP contribution >= 0.6 is 0 Å². The van der Waals surface area contributed by atoms with Crippen LogP contribution in [-0.2, 0) is 6.54 Å². The summed E-state index contributed by atoms with van der Waals surface area (Å²) in [5, 5.41) is 13.8. The zero-order chi connectivity index (χ0) is 13.2. The Kier molecular flexibility index (Phi) is 2.64. The molecule has 1 aromatic carbocycles. The second-order valence-electron chi connectivity index (χ2n) is 3.89. The number of rotatable bonds is 4. The van der Waals surface area contributed by atoms with E-state index < -0.39 is 4.92 Å². The Morgan fingerprint density at radius 1 is 1.37 bits per heavy atom. The minimum absolute atomic E-state index is 0.0717. The molecule has 96 valence electrons. The summed E-state index contributed by atoms with van der Waals surface area (Å²) in [7, 11) is 0.